The summed E-state index contributed by atoms with van der Waals surface area (Å²) in [4.78, 5) is 35.9. The number of carbonyl (C=O) groups is 1. The molecule has 5 aromatic rings. The van der Waals surface area contributed by atoms with E-state index in [1.807, 2.05) is 0 Å². The van der Waals surface area contributed by atoms with Gasteiger partial charge in [-0.05, 0) is 49.7 Å². The normalized spacial score (nSPS) is 15.0. The average Bonchev–Trinajstić information content (AvgIpc) is 3.47. The first-order chi connectivity index (χ1) is 23.6. The van der Waals surface area contributed by atoms with Crippen molar-refractivity contribution in [2.75, 3.05) is 31.2 Å². The quantitative estimate of drug-likeness (QED) is 0.205. The first kappa shape index (κ1) is 35.3. The number of hydrogen-bond acceptors (Lipinski definition) is 10. The number of rotatable bonds is 8. The molecule has 0 unspecified atom stereocenters. The zero-order chi connectivity index (χ0) is 36.1. The summed E-state index contributed by atoms with van der Waals surface area (Å²) < 4.78 is 74.7. The molecule has 0 atom stereocenters. The van der Waals surface area contributed by atoms with Gasteiger partial charge in [0.2, 0.25) is 0 Å². The van der Waals surface area contributed by atoms with Crippen molar-refractivity contribution in [3.8, 4) is 22.9 Å². The van der Waals surface area contributed by atoms with Gasteiger partial charge in [0.15, 0.2) is 9.84 Å². The van der Waals surface area contributed by atoms with Gasteiger partial charge in [-0.15, -0.1) is 11.3 Å². The first-order valence-electron chi connectivity index (χ1n) is 15.1. The van der Waals surface area contributed by atoms with Crippen molar-refractivity contribution in [2.45, 2.75) is 33.1 Å². The molecule has 0 radical (unpaired) electrons. The number of ether oxygens (including phenoxy) is 1. The Morgan fingerprint density at radius 1 is 1.14 bits per heavy atom. The number of hydrogen-bond donors (Lipinski definition) is 1. The number of aryl methyl sites for hydroxylation is 2. The molecule has 1 saturated heterocycles. The molecule has 0 bridgehead atoms. The summed E-state index contributed by atoms with van der Waals surface area (Å²) in [6.07, 6.45) is -4.87. The molecule has 1 aliphatic rings. The van der Waals surface area contributed by atoms with Crippen LogP contribution in [0.1, 0.15) is 38.6 Å². The van der Waals surface area contributed by atoms with E-state index in [1.165, 1.54) is 33.1 Å². The summed E-state index contributed by atoms with van der Waals surface area (Å²) in [5.41, 5.74) is -0.877. The number of benzene rings is 2. The molecule has 0 spiro atoms. The van der Waals surface area contributed by atoms with E-state index in [9.17, 15) is 41.5 Å². The Morgan fingerprint density at radius 2 is 1.86 bits per heavy atom. The molecular weight excluding hydrogens is 719 g/mol. The largest absolute Gasteiger partial charge is 0.491 e. The number of pyridine rings is 1. The number of aromatic carboxylic acids is 1. The summed E-state index contributed by atoms with van der Waals surface area (Å²) in [6.45, 7) is 2.60. The van der Waals surface area contributed by atoms with Gasteiger partial charge in [-0.1, -0.05) is 11.6 Å². The Hall–Kier alpha value is -4.56. The van der Waals surface area contributed by atoms with Gasteiger partial charge in [-0.2, -0.15) is 18.4 Å². The third-order valence-corrected chi connectivity index (χ3v) is 11.3. The number of fused-ring (bicyclic) bond motifs is 2. The van der Waals surface area contributed by atoms with Crippen LogP contribution in [0, 0.1) is 25.2 Å². The molecule has 17 heteroatoms. The highest BCUT2D eigenvalue weighted by Crippen LogP contribution is 2.41. The maximum Gasteiger partial charge on any atom is 0.416 e. The molecule has 6 rings (SSSR count). The molecule has 4 heterocycles. The molecule has 1 N–H and O–H groups in total. The number of alkyl halides is 3. The van der Waals surface area contributed by atoms with Gasteiger partial charge in [0.25, 0.3) is 5.56 Å². The van der Waals surface area contributed by atoms with Crippen LogP contribution in [-0.2, 0) is 29.1 Å². The van der Waals surface area contributed by atoms with Crippen LogP contribution in [0.15, 0.2) is 40.5 Å². The molecule has 0 aliphatic carbocycles. The monoisotopic (exact) mass is 745 g/mol. The second-order valence-electron chi connectivity index (χ2n) is 11.8. The van der Waals surface area contributed by atoms with Crippen molar-refractivity contribution in [1.29, 1.82) is 5.26 Å². The lowest BCUT2D eigenvalue weighted by Crippen LogP contribution is -2.40. The van der Waals surface area contributed by atoms with Gasteiger partial charge in [0.1, 0.15) is 24.3 Å². The van der Waals surface area contributed by atoms with E-state index in [0.29, 0.717) is 37.8 Å². The van der Waals surface area contributed by atoms with Gasteiger partial charge in [0.05, 0.1) is 55.9 Å². The molecule has 0 amide bonds. The number of aromatic nitrogens is 3. The van der Waals surface area contributed by atoms with Crippen LogP contribution in [0.5, 0.6) is 5.75 Å². The number of nitriles is 1. The van der Waals surface area contributed by atoms with Crippen LogP contribution >= 0.6 is 22.9 Å². The van der Waals surface area contributed by atoms with Crippen LogP contribution in [0.25, 0.3) is 32.2 Å². The van der Waals surface area contributed by atoms with Crippen LogP contribution < -0.4 is 10.3 Å². The first-order valence-corrected chi connectivity index (χ1v) is 18.2. The van der Waals surface area contributed by atoms with Crippen molar-refractivity contribution in [1.82, 2.24) is 19.4 Å². The van der Waals surface area contributed by atoms with E-state index in [4.69, 9.17) is 16.3 Å². The van der Waals surface area contributed by atoms with E-state index in [2.05, 4.69) is 9.97 Å². The van der Waals surface area contributed by atoms with Crippen molar-refractivity contribution in [3.05, 3.63) is 84.9 Å². The lowest BCUT2D eigenvalue weighted by Gasteiger charge is -2.28. The molecule has 3 aromatic heterocycles. The lowest BCUT2D eigenvalue weighted by molar-refractivity contribution is -0.138. The Labute approximate surface area is 292 Å². The molecule has 1 fully saturated rings. The van der Waals surface area contributed by atoms with Crippen molar-refractivity contribution in [2.24, 2.45) is 0 Å². The Kier molecular flexibility index (Phi) is 9.37. The molecule has 0 saturated carbocycles. The highest BCUT2D eigenvalue weighted by atomic mass is 35.5. The van der Waals surface area contributed by atoms with Crippen LogP contribution in [0.4, 0.5) is 13.2 Å². The Bertz CT molecular complexity index is 2410. The number of carboxylic acids is 1. The number of halogens is 4. The van der Waals surface area contributed by atoms with Gasteiger partial charge in [0, 0.05) is 46.9 Å². The van der Waals surface area contributed by atoms with Crippen LogP contribution in [-0.4, -0.2) is 70.1 Å². The predicted molar refractivity (Wildman–Crippen MR) is 182 cm³/mol. The second-order valence-corrected chi connectivity index (χ2v) is 15.4. The zero-order valence-electron chi connectivity index (χ0n) is 26.5. The smallest absolute Gasteiger partial charge is 0.416 e. The predicted octanol–water partition coefficient (Wildman–Crippen LogP) is 5.84. The number of thiophene rings is 1. The summed E-state index contributed by atoms with van der Waals surface area (Å²) in [5.74, 6) is -1.11. The van der Waals surface area contributed by atoms with Gasteiger partial charge < -0.3 is 9.84 Å². The fourth-order valence-electron chi connectivity index (χ4n) is 6.04. The minimum atomic E-state index is -4.87. The number of carboxylic acid groups (broad SMARTS) is 1. The molecule has 1 aliphatic heterocycles. The fraction of sp³-hybridized carbons (Fsp3) is 0.303. The molecule has 2 aromatic carbocycles. The van der Waals surface area contributed by atoms with Crippen LogP contribution in [0.2, 0.25) is 5.02 Å². The van der Waals surface area contributed by atoms with Gasteiger partial charge >= 0.3 is 12.1 Å². The summed E-state index contributed by atoms with van der Waals surface area (Å²) in [7, 11) is -3.31. The SMILES string of the molecule is Cc1cc(-c2cc(Cl)ccc2OCCn2c(C)nc3cc(C(F)(F)F)c(CN4CCS(=O)(=O)CC4)c(C#N)c3c2=O)c2scc(C(=O)O)c2n1. The van der Waals surface area contributed by atoms with Crippen molar-refractivity contribution in [3.63, 3.8) is 0 Å². The minimum Gasteiger partial charge on any atom is -0.491 e. The Morgan fingerprint density at radius 3 is 2.52 bits per heavy atom. The maximum atomic E-state index is 14.3. The van der Waals surface area contributed by atoms with Crippen LogP contribution in [0.3, 0.4) is 0 Å². The summed E-state index contributed by atoms with van der Waals surface area (Å²) >= 11 is 7.56. The molecule has 260 valence electrons. The minimum absolute atomic E-state index is 0.0132. The van der Waals surface area contributed by atoms with E-state index in [0.717, 1.165) is 6.07 Å². The highest BCUT2D eigenvalue weighted by molar-refractivity contribution is 7.91. The topological polar surface area (TPSA) is 155 Å². The number of nitrogens with zero attached hydrogens (tertiary/aromatic N) is 5. The molecular formula is C33H27ClF3N5O6S2. The van der Waals surface area contributed by atoms with Crippen molar-refractivity contribution >= 4 is 59.9 Å². The molecule has 50 heavy (non-hydrogen) atoms. The average molecular weight is 746 g/mol. The van der Waals surface area contributed by atoms with E-state index in [1.54, 1.807) is 37.3 Å². The third kappa shape index (κ3) is 6.78. The molecule has 11 nitrogen and oxygen atoms in total. The standard InChI is InChI=1S/C33H27ClF3N5O6S2/c1-17-11-21(30-29(39-17)24(16-49-30)32(44)45)20-12-19(34)3-4-27(20)48-8-5-42-18(2)40-26-13-25(33(35,36)37)23(22(14-38)28(26)31(42)43)15-41-6-9-50(46,47)10-7-41/h3-4,11-13,16H,5-10,15H2,1-2H3,(H,44,45). The van der Waals surface area contributed by atoms with E-state index >= 15 is 0 Å². The number of sulfone groups is 1. The lowest BCUT2D eigenvalue weighted by atomic mass is 9.96. The van der Waals surface area contributed by atoms with Gasteiger partial charge in [-0.3, -0.25) is 19.2 Å². The highest BCUT2D eigenvalue weighted by Gasteiger charge is 2.37. The van der Waals surface area contributed by atoms with E-state index in [-0.39, 0.29) is 66.6 Å². The third-order valence-electron chi connectivity index (χ3n) is 8.47. The maximum absolute atomic E-state index is 14.3. The van der Waals surface area contributed by atoms with Crippen molar-refractivity contribution < 1.29 is 36.2 Å². The van der Waals surface area contributed by atoms with E-state index < -0.39 is 44.2 Å². The Balaban J connectivity index is 1.36. The zero-order valence-corrected chi connectivity index (χ0v) is 28.9. The summed E-state index contributed by atoms with van der Waals surface area (Å²) in [5, 5.41) is 21.4. The fourth-order valence-corrected chi connectivity index (χ4v) is 8.50. The van der Waals surface area contributed by atoms with Gasteiger partial charge in [-0.25, -0.2) is 18.2 Å². The second kappa shape index (κ2) is 13.3. The summed E-state index contributed by atoms with van der Waals surface area (Å²) in [6, 6.07) is 9.25.